The van der Waals surface area contributed by atoms with Crippen LogP contribution in [0.5, 0.6) is 0 Å². The van der Waals surface area contributed by atoms with Crippen LogP contribution in [0.1, 0.15) is 63.8 Å². The molecule has 46 heavy (non-hydrogen) atoms. The minimum absolute atomic E-state index is 0.130. The number of aryl methyl sites for hydroxylation is 2. The maximum absolute atomic E-state index is 4.79. The van der Waals surface area contributed by atoms with Gasteiger partial charge in [-0.25, -0.2) is 9.97 Å². The molecule has 2 aromatic heterocycles. The van der Waals surface area contributed by atoms with Crippen LogP contribution in [-0.2, 0) is 10.8 Å². The number of hydrogen-bond acceptors (Lipinski definition) is 2. The van der Waals surface area contributed by atoms with Crippen LogP contribution in [0.2, 0.25) is 0 Å². The SMILES string of the molecule is Cc1cc(-c2ccc3c(c2)ncn3-c2ccc(C(C)(C)C)cc2)c(C)cc1-c1ccc2c(c1)ncn2-c1ccc(C(C)(C)C)cc1. The Bertz CT molecular complexity index is 2050. The van der Waals surface area contributed by atoms with Crippen LogP contribution in [-0.4, -0.2) is 19.1 Å². The fraction of sp³-hybridized carbons (Fsp3) is 0.238. The lowest BCUT2D eigenvalue weighted by atomic mass is 9.87. The van der Waals surface area contributed by atoms with Gasteiger partial charge in [-0.2, -0.15) is 0 Å². The molecular weight excluding hydrogens is 560 g/mol. The van der Waals surface area contributed by atoms with Crippen LogP contribution in [0.3, 0.4) is 0 Å². The Kier molecular flexibility index (Phi) is 7.01. The van der Waals surface area contributed by atoms with Gasteiger partial charge < -0.3 is 0 Å². The van der Waals surface area contributed by atoms with Gasteiger partial charge in [0.1, 0.15) is 12.7 Å². The van der Waals surface area contributed by atoms with Gasteiger partial charge in [0, 0.05) is 11.4 Å². The van der Waals surface area contributed by atoms with Crippen molar-refractivity contribution in [3.05, 3.63) is 132 Å². The Balaban J connectivity index is 1.18. The van der Waals surface area contributed by atoms with Gasteiger partial charge in [0.05, 0.1) is 22.1 Å². The topological polar surface area (TPSA) is 35.6 Å². The van der Waals surface area contributed by atoms with Crippen molar-refractivity contribution in [2.45, 2.75) is 66.2 Å². The Labute approximate surface area is 272 Å². The average Bonchev–Trinajstić information content (AvgIpc) is 3.65. The third-order valence-electron chi connectivity index (χ3n) is 9.31. The summed E-state index contributed by atoms with van der Waals surface area (Å²) in [4.78, 5) is 9.58. The molecule has 0 aliphatic carbocycles. The van der Waals surface area contributed by atoms with Crippen LogP contribution in [0, 0.1) is 13.8 Å². The van der Waals surface area contributed by atoms with Gasteiger partial charge in [-0.3, -0.25) is 9.13 Å². The lowest BCUT2D eigenvalue weighted by Gasteiger charge is -2.19. The van der Waals surface area contributed by atoms with Crippen LogP contribution in [0.4, 0.5) is 0 Å². The minimum Gasteiger partial charge on any atom is -0.299 e. The maximum Gasteiger partial charge on any atom is 0.100 e. The largest absolute Gasteiger partial charge is 0.299 e. The van der Waals surface area contributed by atoms with Gasteiger partial charge in [0.15, 0.2) is 0 Å². The molecular formula is C42H42N4. The molecule has 0 bridgehead atoms. The van der Waals surface area contributed by atoms with Gasteiger partial charge in [-0.05, 0) is 118 Å². The lowest BCUT2D eigenvalue weighted by molar-refractivity contribution is 0.590. The number of aromatic nitrogens is 4. The smallest absolute Gasteiger partial charge is 0.100 e. The molecule has 7 aromatic rings. The summed E-state index contributed by atoms with van der Waals surface area (Å²) < 4.78 is 4.34. The molecule has 0 fully saturated rings. The highest BCUT2D eigenvalue weighted by molar-refractivity contribution is 5.87. The van der Waals surface area contributed by atoms with E-state index in [0.29, 0.717) is 0 Å². The summed E-state index contributed by atoms with van der Waals surface area (Å²) in [6, 6.07) is 35.5. The Morgan fingerprint density at radius 3 is 1.17 bits per heavy atom. The number of imidazole rings is 2. The first kappa shape index (κ1) is 29.7. The van der Waals surface area contributed by atoms with E-state index in [1.165, 1.54) is 44.5 Å². The summed E-state index contributed by atoms with van der Waals surface area (Å²) in [6.45, 7) is 17.9. The maximum atomic E-state index is 4.79. The third kappa shape index (κ3) is 5.32. The fourth-order valence-electron chi connectivity index (χ4n) is 6.45. The van der Waals surface area contributed by atoms with Crippen molar-refractivity contribution in [3.63, 3.8) is 0 Å². The summed E-state index contributed by atoms with van der Waals surface area (Å²) >= 11 is 0. The van der Waals surface area contributed by atoms with Crippen molar-refractivity contribution in [2.24, 2.45) is 0 Å². The Morgan fingerprint density at radius 2 is 0.826 bits per heavy atom. The average molecular weight is 603 g/mol. The molecule has 4 nitrogen and oxygen atoms in total. The zero-order chi connectivity index (χ0) is 32.4. The molecule has 0 spiro atoms. The zero-order valence-electron chi connectivity index (χ0n) is 28.2. The third-order valence-corrected chi connectivity index (χ3v) is 9.31. The molecule has 0 aliphatic rings. The molecule has 0 N–H and O–H groups in total. The first-order chi connectivity index (χ1) is 21.9. The van der Waals surface area contributed by atoms with Crippen molar-refractivity contribution >= 4 is 22.1 Å². The van der Waals surface area contributed by atoms with Crippen LogP contribution < -0.4 is 0 Å². The van der Waals surface area contributed by atoms with E-state index in [1.807, 2.05) is 12.7 Å². The quantitative estimate of drug-likeness (QED) is 0.201. The normalized spacial score (nSPS) is 12.3. The molecule has 7 rings (SSSR count). The second-order valence-corrected chi connectivity index (χ2v) is 14.7. The summed E-state index contributed by atoms with van der Waals surface area (Å²) in [5, 5.41) is 0. The number of fused-ring (bicyclic) bond motifs is 2. The van der Waals surface area contributed by atoms with Gasteiger partial charge in [-0.1, -0.05) is 90.1 Å². The van der Waals surface area contributed by atoms with E-state index in [2.05, 4.69) is 162 Å². The van der Waals surface area contributed by atoms with Gasteiger partial charge in [-0.15, -0.1) is 0 Å². The predicted octanol–water partition coefficient (Wildman–Crippen LogP) is 10.9. The molecule has 230 valence electrons. The van der Waals surface area contributed by atoms with Crippen molar-refractivity contribution < 1.29 is 0 Å². The van der Waals surface area contributed by atoms with E-state index in [9.17, 15) is 0 Å². The first-order valence-electron chi connectivity index (χ1n) is 16.1. The van der Waals surface area contributed by atoms with E-state index in [0.717, 1.165) is 33.4 Å². The molecule has 0 saturated heterocycles. The van der Waals surface area contributed by atoms with Crippen molar-refractivity contribution in [2.75, 3.05) is 0 Å². The summed E-state index contributed by atoms with van der Waals surface area (Å²) in [5.41, 5.74) is 16.7. The molecule has 0 amide bonds. The molecule has 0 saturated carbocycles. The molecule has 0 radical (unpaired) electrons. The summed E-state index contributed by atoms with van der Waals surface area (Å²) in [6.07, 6.45) is 3.86. The molecule has 0 aliphatic heterocycles. The van der Waals surface area contributed by atoms with Gasteiger partial charge >= 0.3 is 0 Å². The highest BCUT2D eigenvalue weighted by Crippen LogP contribution is 2.35. The Hall–Kier alpha value is -4.96. The molecule has 0 unspecified atom stereocenters. The second-order valence-electron chi connectivity index (χ2n) is 14.7. The van der Waals surface area contributed by atoms with Crippen LogP contribution in [0.15, 0.2) is 110 Å². The highest BCUT2D eigenvalue weighted by Gasteiger charge is 2.16. The van der Waals surface area contributed by atoms with Crippen LogP contribution >= 0.6 is 0 Å². The van der Waals surface area contributed by atoms with Gasteiger partial charge in [0.25, 0.3) is 0 Å². The first-order valence-corrected chi connectivity index (χ1v) is 16.1. The van der Waals surface area contributed by atoms with Crippen molar-refractivity contribution in [3.8, 4) is 33.6 Å². The van der Waals surface area contributed by atoms with Crippen LogP contribution in [0.25, 0.3) is 55.7 Å². The number of rotatable bonds is 4. The van der Waals surface area contributed by atoms with E-state index in [-0.39, 0.29) is 10.8 Å². The monoisotopic (exact) mass is 602 g/mol. The lowest BCUT2D eigenvalue weighted by Crippen LogP contribution is -2.10. The molecule has 5 aromatic carbocycles. The van der Waals surface area contributed by atoms with E-state index in [1.54, 1.807) is 0 Å². The Morgan fingerprint density at radius 1 is 0.457 bits per heavy atom. The number of hydrogen-bond donors (Lipinski definition) is 0. The van der Waals surface area contributed by atoms with Crippen molar-refractivity contribution in [1.82, 2.24) is 19.1 Å². The predicted molar refractivity (Wildman–Crippen MR) is 193 cm³/mol. The fourth-order valence-corrected chi connectivity index (χ4v) is 6.45. The van der Waals surface area contributed by atoms with Crippen molar-refractivity contribution in [1.29, 1.82) is 0 Å². The summed E-state index contributed by atoms with van der Waals surface area (Å²) in [7, 11) is 0. The number of nitrogens with zero attached hydrogens (tertiary/aromatic N) is 4. The molecule has 2 heterocycles. The van der Waals surface area contributed by atoms with E-state index < -0.39 is 0 Å². The standard InChI is InChI=1S/C42H42N4/c1-27-21-36(30-10-20-40-38(24-30)44-26-46(40)34-17-13-32(14-18-34)42(6,7)8)28(2)22-35(27)29-9-19-39-37(23-29)43-25-45(39)33-15-11-31(12-16-33)41(3,4)5/h9-26H,1-8H3. The second kappa shape index (κ2) is 10.8. The van der Waals surface area contributed by atoms with E-state index in [4.69, 9.17) is 9.97 Å². The highest BCUT2D eigenvalue weighted by atomic mass is 15.1. The zero-order valence-corrected chi connectivity index (χ0v) is 28.2. The summed E-state index contributed by atoms with van der Waals surface area (Å²) in [5.74, 6) is 0. The molecule has 0 atom stereocenters. The number of benzene rings is 5. The molecule has 4 heteroatoms. The van der Waals surface area contributed by atoms with Gasteiger partial charge in [0.2, 0.25) is 0 Å². The minimum atomic E-state index is 0.130. The van der Waals surface area contributed by atoms with E-state index >= 15 is 0 Å².